The van der Waals surface area contributed by atoms with Gasteiger partial charge in [0.05, 0.1) is 11.8 Å². The highest BCUT2D eigenvalue weighted by molar-refractivity contribution is 7.99. The Morgan fingerprint density at radius 1 is 1.10 bits per heavy atom. The molecule has 0 aliphatic rings. The molecule has 4 aromatic rings. The van der Waals surface area contributed by atoms with E-state index in [0.29, 0.717) is 16.0 Å². The molecule has 2 aromatic carbocycles. The van der Waals surface area contributed by atoms with E-state index in [9.17, 15) is 10.1 Å². The number of hydrogen-bond donors (Lipinski definition) is 0. The Morgan fingerprint density at radius 3 is 2.37 bits per heavy atom. The molecule has 1 atom stereocenters. The molecule has 0 unspecified atom stereocenters. The Balaban J connectivity index is 1.58. The van der Waals surface area contributed by atoms with E-state index >= 15 is 0 Å². The first kappa shape index (κ1) is 20.1. The van der Waals surface area contributed by atoms with Crippen LogP contribution >= 0.6 is 23.1 Å². The second-order valence-corrected chi connectivity index (χ2v) is 8.35. The van der Waals surface area contributed by atoms with Crippen molar-refractivity contribution >= 4 is 28.9 Å². The van der Waals surface area contributed by atoms with Crippen LogP contribution in [0.4, 0.5) is 0 Å². The fourth-order valence-corrected chi connectivity index (χ4v) is 4.52. The summed E-state index contributed by atoms with van der Waals surface area (Å²) in [5.74, 6) is -0.338. The third kappa shape index (κ3) is 4.35. The van der Waals surface area contributed by atoms with Crippen molar-refractivity contribution < 1.29 is 9.21 Å². The Hall–Kier alpha value is -3.21. The molecule has 4 rings (SSSR count). The van der Waals surface area contributed by atoms with Gasteiger partial charge in [-0.2, -0.15) is 5.26 Å². The lowest BCUT2D eigenvalue weighted by Crippen LogP contribution is -2.13. The average molecular weight is 432 g/mol. The molecular formula is C23H17N3O2S2. The van der Waals surface area contributed by atoms with E-state index in [1.165, 1.54) is 23.1 Å². The first-order chi connectivity index (χ1) is 14.7. The number of nitrogens with zero attached hydrogens (tertiary/aromatic N) is 3. The summed E-state index contributed by atoms with van der Waals surface area (Å²) < 4.78 is 6.03. The smallest absolute Gasteiger partial charge is 0.257 e. The van der Waals surface area contributed by atoms with Crippen molar-refractivity contribution in [1.82, 2.24) is 9.97 Å². The van der Waals surface area contributed by atoms with Gasteiger partial charge in [0.25, 0.3) is 5.22 Å². The minimum Gasteiger partial charge on any atom is -0.431 e. The van der Waals surface area contributed by atoms with Gasteiger partial charge in [0.15, 0.2) is 17.5 Å². The monoisotopic (exact) mass is 431 g/mol. The fraction of sp³-hybridized carbons (Fsp3) is 0.130. The van der Waals surface area contributed by atoms with E-state index < -0.39 is 5.92 Å². The van der Waals surface area contributed by atoms with Crippen molar-refractivity contribution in [2.75, 3.05) is 5.75 Å². The third-order valence-electron chi connectivity index (χ3n) is 4.36. The van der Waals surface area contributed by atoms with E-state index in [4.69, 9.17) is 4.42 Å². The maximum atomic E-state index is 12.6. The van der Waals surface area contributed by atoms with Crippen LogP contribution in [-0.2, 0) is 4.79 Å². The van der Waals surface area contributed by atoms with E-state index in [0.717, 1.165) is 22.5 Å². The minimum absolute atomic E-state index is 0.0832. The summed E-state index contributed by atoms with van der Waals surface area (Å²) in [6, 6.07) is 21.6. The lowest BCUT2D eigenvalue weighted by molar-refractivity contribution is -0.116. The number of aromatic nitrogens is 2. The van der Waals surface area contributed by atoms with Crippen LogP contribution in [0.15, 0.2) is 75.7 Å². The summed E-state index contributed by atoms with van der Waals surface area (Å²) in [7, 11) is 0. The molecule has 0 fully saturated rings. The van der Waals surface area contributed by atoms with Gasteiger partial charge in [-0.05, 0) is 6.92 Å². The van der Waals surface area contributed by atoms with Gasteiger partial charge in [-0.15, -0.1) is 11.3 Å². The van der Waals surface area contributed by atoms with Gasteiger partial charge in [-0.25, -0.2) is 9.97 Å². The van der Waals surface area contributed by atoms with Crippen LogP contribution in [-0.4, -0.2) is 21.5 Å². The number of Topliss-reactive ketones (excluding diaryl/α,β-unsaturated/α-hetero) is 1. The molecule has 7 heteroatoms. The summed E-state index contributed by atoms with van der Waals surface area (Å²) in [5, 5.41) is 12.2. The number of oxazole rings is 1. The van der Waals surface area contributed by atoms with Gasteiger partial charge in [-0.3, -0.25) is 4.79 Å². The third-order valence-corrected chi connectivity index (χ3v) is 6.24. The molecule has 148 valence electrons. The van der Waals surface area contributed by atoms with Gasteiger partial charge in [-0.1, -0.05) is 72.4 Å². The summed E-state index contributed by atoms with van der Waals surface area (Å²) in [4.78, 5) is 21.6. The lowest BCUT2D eigenvalue weighted by atomic mass is 10.1. The molecule has 0 aliphatic carbocycles. The highest BCUT2D eigenvalue weighted by Gasteiger charge is 2.25. The number of thiazole rings is 1. The van der Waals surface area contributed by atoms with Crippen LogP contribution in [0.1, 0.15) is 16.6 Å². The van der Waals surface area contributed by atoms with Crippen LogP contribution < -0.4 is 0 Å². The van der Waals surface area contributed by atoms with E-state index in [-0.39, 0.29) is 11.5 Å². The van der Waals surface area contributed by atoms with Crippen molar-refractivity contribution in [1.29, 1.82) is 5.26 Å². The van der Waals surface area contributed by atoms with E-state index in [1.54, 1.807) is 0 Å². The van der Waals surface area contributed by atoms with Crippen molar-refractivity contribution in [2.24, 2.45) is 0 Å². The Bertz CT molecular complexity index is 1140. The van der Waals surface area contributed by atoms with Gasteiger partial charge in [0.2, 0.25) is 0 Å². The number of nitriles is 1. The number of ketones is 1. The number of carbonyl (C=O) groups excluding carboxylic acids is 1. The van der Waals surface area contributed by atoms with Gasteiger partial charge < -0.3 is 4.42 Å². The second kappa shape index (κ2) is 9.08. The standard InChI is InChI=1S/C23H17N3O2S2/c1-15-13-29-22(25-15)18(12-24)19(27)14-30-23-26-20(16-8-4-2-5-9-16)21(28-23)17-10-6-3-7-11-17/h2-11,13,18H,14H2,1H3/t18-/m0/s1. The maximum absolute atomic E-state index is 12.6. The van der Waals surface area contributed by atoms with Gasteiger partial charge in [0.1, 0.15) is 10.7 Å². The summed E-state index contributed by atoms with van der Waals surface area (Å²) in [6.07, 6.45) is 0. The molecule has 2 heterocycles. The molecular weight excluding hydrogens is 414 g/mol. The number of benzene rings is 2. The zero-order valence-corrected chi connectivity index (χ0v) is 17.7. The van der Waals surface area contributed by atoms with Crippen LogP contribution in [0.25, 0.3) is 22.6 Å². The Kier molecular flexibility index (Phi) is 6.07. The highest BCUT2D eigenvalue weighted by Crippen LogP contribution is 2.36. The minimum atomic E-state index is -0.867. The first-order valence-corrected chi connectivity index (χ1v) is 11.1. The van der Waals surface area contributed by atoms with E-state index in [2.05, 4.69) is 16.0 Å². The highest BCUT2D eigenvalue weighted by atomic mass is 32.2. The van der Waals surface area contributed by atoms with E-state index in [1.807, 2.05) is 73.0 Å². The maximum Gasteiger partial charge on any atom is 0.257 e. The molecule has 5 nitrogen and oxygen atoms in total. The van der Waals surface area contributed by atoms with Crippen molar-refractivity contribution in [2.45, 2.75) is 18.1 Å². The topological polar surface area (TPSA) is 79.8 Å². The molecule has 0 aliphatic heterocycles. The lowest BCUT2D eigenvalue weighted by Gasteiger charge is -2.03. The molecule has 0 N–H and O–H groups in total. The molecule has 0 spiro atoms. The molecule has 0 saturated heterocycles. The quantitative estimate of drug-likeness (QED) is 0.347. The summed E-state index contributed by atoms with van der Waals surface area (Å²) >= 11 is 2.53. The first-order valence-electron chi connectivity index (χ1n) is 9.24. The number of thioether (sulfide) groups is 1. The van der Waals surface area contributed by atoms with Crippen molar-refractivity contribution in [3.63, 3.8) is 0 Å². The van der Waals surface area contributed by atoms with Gasteiger partial charge >= 0.3 is 0 Å². The summed E-state index contributed by atoms with van der Waals surface area (Å²) in [6.45, 7) is 1.84. The van der Waals surface area contributed by atoms with Crippen LogP contribution in [0.2, 0.25) is 0 Å². The molecule has 0 amide bonds. The molecule has 0 bridgehead atoms. The predicted octanol–water partition coefficient (Wildman–Crippen LogP) is 5.74. The number of aryl methyl sites for hydroxylation is 1. The predicted molar refractivity (Wildman–Crippen MR) is 118 cm³/mol. The van der Waals surface area contributed by atoms with Crippen LogP contribution in [0.5, 0.6) is 0 Å². The normalized spacial score (nSPS) is 11.7. The number of hydrogen-bond acceptors (Lipinski definition) is 7. The number of carbonyl (C=O) groups is 1. The molecule has 2 aromatic heterocycles. The second-order valence-electron chi connectivity index (χ2n) is 6.53. The Labute approximate surface area is 182 Å². The van der Waals surface area contributed by atoms with Crippen molar-refractivity contribution in [3.05, 3.63) is 76.7 Å². The number of rotatable bonds is 7. The Morgan fingerprint density at radius 2 is 1.77 bits per heavy atom. The van der Waals surface area contributed by atoms with Crippen molar-refractivity contribution in [3.8, 4) is 28.7 Å². The zero-order valence-electron chi connectivity index (χ0n) is 16.1. The SMILES string of the molecule is Cc1csc([C@@H](C#N)C(=O)CSc2nc(-c3ccccc3)c(-c3ccccc3)o2)n1. The summed E-state index contributed by atoms with van der Waals surface area (Å²) in [5.41, 5.74) is 3.38. The average Bonchev–Trinajstić information content (AvgIpc) is 3.41. The molecule has 0 radical (unpaired) electrons. The molecule has 0 saturated carbocycles. The fourth-order valence-electron chi connectivity index (χ4n) is 2.92. The van der Waals surface area contributed by atoms with Gasteiger partial charge in [0, 0.05) is 22.2 Å². The van der Waals surface area contributed by atoms with Crippen LogP contribution in [0, 0.1) is 18.3 Å². The molecule has 30 heavy (non-hydrogen) atoms. The zero-order chi connectivity index (χ0) is 20.9. The van der Waals surface area contributed by atoms with Crippen LogP contribution in [0.3, 0.4) is 0 Å². The largest absolute Gasteiger partial charge is 0.431 e.